The van der Waals surface area contributed by atoms with Crippen LogP contribution in [0, 0.1) is 0 Å². The van der Waals surface area contributed by atoms with Crippen LogP contribution in [0.1, 0.15) is 47.9 Å². The number of ether oxygens (including phenoxy) is 2. The SMILES string of the molecule is [N-]=[N+]=Nc1ccc(CCCC(=O)N(CC(=O)N[C@@H](CCC(=O)OCc2ccccc2)C(=O)OCc2ccccc2)OCc2ccccc2)cc1. The minimum absolute atomic E-state index is 0.0242. The van der Waals surface area contributed by atoms with E-state index in [0.29, 0.717) is 18.5 Å². The van der Waals surface area contributed by atoms with Crippen molar-refractivity contribution in [3.63, 3.8) is 0 Å². The monoisotopic (exact) mass is 677 g/mol. The van der Waals surface area contributed by atoms with Gasteiger partial charge in [-0.25, -0.2) is 9.86 Å². The summed E-state index contributed by atoms with van der Waals surface area (Å²) in [5, 5.41) is 7.19. The summed E-state index contributed by atoms with van der Waals surface area (Å²) < 4.78 is 10.8. The molecule has 0 aromatic heterocycles. The minimum atomic E-state index is -1.19. The predicted octanol–water partition coefficient (Wildman–Crippen LogP) is 6.66. The van der Waals surface area contributed by atoms with E-state index in [9.17, 15) is 19.2 Å². The number of rotatable bonds is 19. The fourth-order valence-corrected chi connectivity index (χ4v) is 4.80. The highest BCUT2D eigenvalue weighted by Gasteiger charge is 2.26. The second-order valence-electron chi connectivity index (χ2n) is 11.3. The molecule has 0 fully saturated rings. The summed E-state index contributed by atoms with van der Waals surface area (Å²) in [6.07, 6.45) is 0.873. The highest BCUT2D eigenvalue weighted by atomic mass is 16.7. The van der Waals surface area contributed by atoms with Gasteiger partial charge in [0.05, 0.1) is 0 Å². The topological polar surface area (TPSA) is 160 Å². The van der Waals surface area contributed by atoms with Crippen LogP contribution in [-0.4, -0.2) is 41.4 Å². The summed E-state index contributed by atoms with van der Waals surface area (Å²) in [6, 6.07) is 33.3. The van der Waals surface area contributed by atoms with Crippen molar-refractivity contribution in [2.24, 2.45) is 5.11 Å². The first-order chi connectivity index (χ1) is 24.4. The number of hydrogen-bond acceptors (Lipinski definition) is 8. The van der Waals surface area contributed by atoms with Crippen LogP contribution in [0.3, 0.4) is 0 Å². The van der Waals surface area contributed by atoms with Gasteiger partial charge in [0.2, 0.25) is 11.8 Å². The van der Waals surface area contributed by atoms with Crippen LogP contribution in [0.15, 0.2) is 120 Å². The largest absolute Gasteiger partial charge is 0.461 e. The molecular weight excluding hydrogens is 638 g/mol. The molecule has 0 saturated heterocycles. The number of benzene rings is 4. The molecule has 0 heterocycles. The number of nitrogens with one attached hydrogen (secondary N) is 1. The Hall–Kier alpha value is -5.97. The molecule has 0 radical (unpaired) electrons. The molecule has 4 aromatic rings. The van der Waals surface area contributed by atoms with E-state index < -0.39 is 36.3 Å². The number of nitrogens with zero attached hydrogens (tertiary/aromatic N) is 4. The smallest absolute Gasteiger partial charge is 0.328 e. The van der Waals surface area contributed by atoms with Gasteiger partial charge in [-0.2, -0.15) is 0 Å². The Kier molecular flexibility index (Phi) is 15.0. The fourth-order valence-electron chi connectivity index (χ4n) is 4.80. The lowest BCUT2D eigenvalue weighted by Gasteiger charge is -2.23. The Morgan fingerprint density at radius 1 is 0.700 bits per heavy atom. The van der Waals surface area contributed by atoms with E-state index in [1.807, 2.05) is 91.0 Å². The van der Waals surface area contributed by atoms with Crippen molar-refractivity contribution < 1.29 is 33.5 Å². The van der Waals surface area contributed by atoms with Crippen molar-refractivity contribution in [1.29, 1.82) is 0 Å². The van der Waals surface area contributed by atoms with Crippen LogP contribution in [0.25, 0.3) is 10.4 Å². The molecule has 12 heteroatoms. The molecule has 12 nitrogen and oxygen atoms in total. The molecule has 0 spiro atoms. The maximum absolute atomic E-state index is 13.4. The molecule has 0 unspecified atom stereocenters. The highest BCUT2D eigenvalue weighted by molar-refractivity contribution is 5.88. The Morgan fingerprint density at radius 2 is 1.26 bits per heavy atom. The lowest BCUT2D eigenvalue weighted by atomic mass is 10.1. The van der Waals surface area contributed by atoms with Gasteiger partial charge in [0.25, 0.3) is 0 Å². The fraction of sp³-hybridized carbons (Fsp3) is 0.263. The number of hydroxylamine groups is 2. The van der Waals surface area contributed by atoms with Crippen molar-refractivity contribution in [3.05, 3.63) is 148 Å². The molecule has 0 aliphatic heterocycles. The average molecular weight is 678 g/mol. The van der Waals surface area contributed by atoms with Gasteiger partial charge < -0.3 is 14.8 Å². The summed E-state index contributed by atoms with van der Waals surface area (Å²) in [6.45, 7) is -0.403. The maximum Gasteiger partial charge on any atom is 0.328 e. The Labute approximate surface area is 290 Å². The summed E-state index contributed by atoms with van der Waals surface area (Å²) in [5.74, 6) is -2.36. The van der Waals surface area contributed by atoms with Crippen molar-refractivity contribution in [2.45, 2.75) is 58.0 Å². The molecule has 1 atom stereocenters. The Balaban J connectivity index is 1.38. The molecule has 4 rings (SSSR count). The van der Waals surface area contributed by atoms with Crippen LogP contribution >= 0.6 is 0 Å². The lowest BCUT2D eigenvalue weighted by Crippen LogP contribution is -2.47. The van der Waals surface area contributed by atoms with Crippen LogP contribution in [-0.2, 0) is 59.7 Å². The second-order valence-corrected chi connectivity index (χ2v) is 11.3. The number of carbonyl (C=O) groups excluding carboxylic acids is 4. The molecule has 0 aliphatic rings. The molecule has 0 bridgehead atoms. The van der Waals surface area contributed by atoms with Gasteiger partial charge in [-0.15, -0.1) is 0 Å². The van der Waals surface area contributed by atoms with Gasteiger partial charge in [-0.3, -0.25) is 19.2 Å². The van der Waals surface area contributed by atoms with Gasteiger partial charge in [0, 0.05) is 23.4 Å². The van der Waals surface area contributed by atoms with E-state index in [0.717, 1.165) is 27.3 Å². The number of carbonyl (C=O) groups is 4. The first-order valence-electron chi connectivity index (χ1n) is 16.2. The highest BCUT2D eigenvalue weighted by Crippen LogP contribution is 2.16. The molecule has 258 valence electrons. The lowest BCUT2D eigenvalue weighted by molar-refractivity contribution is -0.193. The quantitative estimate of drug-likeness (QED) is 0.0382. The van der Waals surface area contributed by atoms with Crippen molar-refractivity contribution in [1.82, 2.24) is 10.4 Å². The normalized spacial score (nSPS) is 11.0. The molecular formula is C38H39N5O7. The van der Waals surface area contributed by atoms with Gasteiger partial charge in [-0.1, -0.05) is 120 Å². The zero-order valence-electron chi connectivity index (χ0n) is 27.6. The number of azide groups is 1. The zero-order valence-corrected chi connectivity index (χ0v) is 27.6. The summed E-state index contributed by atoms with van der Waals surface area (Å²) in [4.78, 5) is 61.0. The third kappa shape index (κ3) is 13.3. The zero-order chi connectivity index (χ0) is 35.4. The van der Waals surface area contributed by atoms with Gasteiger partial charge in [-0.05, 0) is 47.0 Å². The van der Waals surface area contributed by atoms with Crippen molar-refractivity contribution >= 4 is 29.4 Å². The predicted molar refractivity (Wildman–Crippen MR) is 185 cm³/mol. The third-order valence-corrected chi connectivity index (χ3v) is 7.47. The van der Waals surface area contributed by atoms with Crippen LogP contribution in [0.5, 0.6) is 0 Å². The van der Waals surface area contributed by atoms with E-state index in [-0.39, 0.29) is 39.1 Å². The van der Waals surface area contributed by atoms with Crippen LogP contribution in [0.4, 0.5) is 5.69 Å². The van der Waals surface area contributed by atoms with Gasteiger partial charge in [0.1, 0.15) is 32.4 Å². The molecule has 4 aromatic carbocycles. The standard InChI is InChI=1S/C38H39N5O7/c39-42-41-33-21-19-29(20-22-33)17-10-18-36(45)43(50-28-32-15-8-3-9-16-32)25-35(44)40-34(38(47)49-27-31-13-6-2-7-14-31)23-24-37(46)48-26-30-11-4-1-5-12-30/h1-9,11-16,19-22,34H,10,17-18,23-28H2,(H,40,44)/t34-/m0/s1. The summed E-state index contributed by atoms with van der Waals surface area (Å²) >= 11 is 0. The Morgan fingerprint density at radius 3 is 1.84 bits per heavy atom. The van der Waals surface area contributed by atoms with Crippen LogP contribution < -0.4 is 5.32 Å². The van der Waals surface area contributed by atoms with Gasteiger partial charge in [0.15, 0.2) is 0 Å². The second kappa shape index (κ2) is 20.4. The van der Waals surface area contributed by atoms with Crippen LogP contribution in [0.2, 0.25) is 0 Å². The number of esters is 2. The van der Waals surface area contributed by atoms with E-state index in [1.165, 1.54) is 0 Å². The van der Waals surface area contributed by atoms with E-state index in [1.54, 1.807) is 24.3 Å². The average Bonchev–Trinajstić information content (AvgIpc) is 3.15. The Bertz CT molecular complexity index is 1720. The maximum atomic E-state index is 13.4. The molecule has 0 saturated carbocycles. The third-order valence-electron chi connectivity index (χ3n) is 7.47. The minimum Gasteiger partial charge on any atom is -0.461 e. The van der Waals surface area contributed by atoms with E-state index in [4.69, 9.17) is 19.8 Å². The number of hydrogen-bond donors (Lipinski definition) is 1. The summed E-state index contributed by atoms with van der Waals surface area (Å²) in [5.41, 5.74) is 12.4. The van der Waals surface area contributed by atoms with E-state index in [2.05, 4.69) is 15.3 Å². The molecule has 50 heavy (non-hydrogen) atoms. The van der Waals surface area contributed by atoms with Crippen molar-refractivity contribution in [2.75, 3.05) is 6.54 Å². The van der Waals surface area contributed by atoms with Gasteiger partial charge >= 0.3 is 11.9 Å². The first kappa shape index (κ1) is 36.9. The van der Waals surface area contributed by atoms with Crippen molar-refractivity contribution in [3.8, 4) is 0 Å². The molecule has 1 N–H and O–H groups in total. The first-order valence-corrected chi connectivity index (χ1v) is 16.2. The number of amides is 2. The van der Waals surface area contributed by atoms with E-state index >= 15 is 0 Å². The molecule has 2 amide bonds. The molecule has 0 aliphatic carbocycles. The summed E-state index contributed by atoms with van der Waals surface area (Å²) in [7, 11) is 0. The number of aryl methyl sites for hydroxylation is 1.